The Kier molecular flexibility index (Phi) is 4.72. The van der Waals surface area contributed by atoms with Crippen molar-refractivity contribution < 1.29 is 19.1 Å². The number of fused-ring (bicyclic) bond motifs is 1. The summed E-state index contributed by atoms with van der Waals surface area (Å²) < 4.78 is 5.37. The third-order valence-corrected chi connectivity index (χ3v) is 5.86. The van der Waals surface area contributed by atoms with Crippen LogP contribution >= 0.6 is 0 Å². The molecule has 1 aliphatic heterocycles. The van der Waals surface area contributed by atoms with Crippen LogP contribution in [0.3, 0.4) is 0 Å². The van der Waals surface area contributed by atoms with Gasteiger partial charge in [-0.25, -0.2) is 0 Å². The maximum atomic E-state index is 12.7. The lowest BCUT2D eigenvalue weighted by Gasteiger charge is -2.38. The molecular formula is C21H24N2O4. The SMILES string of the molecule is CCOc1ccc(NC(=O)CCN2C(=O)C3C4C=CC(CC4)C3C2=O)cc1. The Hall–Kier alpha value is -2.63. The Labute approximate surface area is 158 Å². The number of allylic oxidation sites excluding steroid dienone is 2. The summed E-state index contributed by atoms with van der Waals surface area (Å²) in [5.74, 6) is 0.269. The molecule has 1 saturated heterocycles. The highest BCUT2D eigenvalue weighted by atomic mass is 16.5. The topological polar surface area (TPSA) is 75.7 Å². The van der Waals surface area contributed by atoms with Crippen LogP contribution in [-0.2, 0) is 14.4 Å². The zero-order valence-electron chi connectivity index (χ0n) is 15.4. The van der Waals surface area contributed by atoms with Crippen molar-refractivity contribution in [2.45, 2.75) is 26.2 Å². The maximum Gasteiger partial charge on any atom is 0.233 e. The highest BCUT2D eigenvalue weighted by Crippen LogP contribution is 2.49. The minimum atomic E-state index is -0.213. The van der Waals surface area contributed by atoms with Crippen molar-refractivity contribution in [3.8, 4) is 5.75 Å². The van der Waals surface area contributed by atoms with Crippen LogP contribution in [-0.4, -0.2) is 35.8 Å². The molecule has 6 nitrogen and oxygen atoms in total. The molecule has 5 rings (SSSR count). The van der Waals surface area contributed by atoms with Gasteiger partial charge in [0.15, 0.2) is 0 Å². The first-order valence-electron chi connectivity index (χ1n) is 9.64. The zero-order valence-corrected chi connectivity index (χ0v) is 15.4. The Morgan fingerprint density at radius 3 is 2.19 bits per heavy atom. The molecule has 2 bridgehead atoms. The van der Waals surface area contributed by atoms with Crippen LogP contribution in [0, 0.1) is 23.7 Å². The first-order chi connectivity index (χ1) is 13.1. The number of imide groups is 1. The quantitative estimate of drug-likeness (QED) is 0.619. The van der Waals surface area contributed by atoms with E-state index in [-0.39, 0.29) is 54.4 Å². The Morgan fingerprint density at radius 2 is 1.67 bits per heavy atom. The summed E-state index contributed by atoms with van der Waals surface area (Å²) >= 11 is 0. The van der Waals surface area contributed by atoms with E-state index in [2.05, 4.69) is 17.5 Å². The van der Waals surface area contributed by atoms with Gasteiger partial charge < -0.3 is 10.1 Å². The van der Waals surface area contributed by atoms with Crippen LogP contribution in [0.5, 0.6) is 5.75 Å². The molecule has 1 aromatic rings. The van der Waals surface area contributed by atoms with Gasteiger partial charge in [0.25, 0.3) is 0 Å². The summed E-state index contributed by atoms with van der Waals surface area (Å²) in [6, 6.07) is 7.13. The number of hydrogen-bond acceptors (Lipinski definition) is 4. The van der Waals surface area contributed by atoms with Crippen molar-refractivity contribution >= 4 is 23.4 Å². The van der Waals surface area contributed by atoms with Crippen molar-refractivity contribution in [2.24, 2.45) is 23.7 Å². The van der Waals surface area contributed by atoms with Gasteiger partial charge in [-0.2, -0.15) is 0 Å². The smallest absolute Gasteiger partial charge is 0.233 e. The third-order valence-electron chi connectivity index (χ3n) is 5.86. The molecule has 1 aromatic carbocycles. The Balaban J connectivity index is 1.34. The van der Waals surface area contributed by atoms with Crippen molar-refractivity contribution in [1.82, 2.24) is 4.90 Å². The first kappa shape index (κ1) is 17.8. The summed E-state index contributed by atoms with van der Waals surface area (Å²) in [7, 11) is 0. The van der Waals surface area contributed by atoms with Crippen molar-refractivity contribution in [3.63, 3.8) is 0 Å². The van der Waals surface area contributed by atoms with Crippen molar-refractivity contribution in [3.05, 3.63) is 36.4 Å². The number of amides is 3. The fourth-order valence-electron chi connectivity index (χ4n) is 4.59. The van der Waals surface area contributed by atoms with Crippen LogP contribution < -0.4 is 10.1 Å². The Morgan fingerprint density at radius 1 is 1.07 bits per heavy atom. The number of likely N-dealkylation sites (tertiary alicyclic amines) is 1. The fourth-order valence-corrected chi connectivity index (χ4v) is 4.59. The van der Waals surface area contributed by atoms with Crippen molar-refractivity contribution in [2.75, 3.05) is 18.5 Å². The number of carbonyl (C=O) groups is 3. The van der Waals surface area contributed by atoms with E-state index in [4.69, 9.17) is 4.74 Å². The average molecular weight is 368 g/mol. The Bertz CT molecular complexity index is 754. The summed E-state index contributed by atoms with van der Waals surface area (Å²) in [5.41, 5.74) is 0.665. The van der Waals surface area contributed by atoms with Gasteiger partial charge in [0.05, 0.1) is 18.4 Å². The molecule has 4 atom stereocenters. The second kappa shape index (κ2) is 7.18. The van der Waals surface area contributed by atoms with Gasteiger partial charge in [0, 0.05) is 18.7 Å². The number of nitrogens with one attached hydrogen (secondary N) is 1. The monoisotopic (exact) mass is 368 g/mol. The van der Waals surface area contributed by atoms with Gasteiger partial charge in [-0.3, -0.25) is 19.3 Å². The van der Waals surface area contributed by atoms with Crippen LogP contribution in [0.15, 0.2) is 36.4 Å². The van der Waals surface area contributed by atoms with Crippen LogP contribution in [0.2, 0.25) is 0 Å². The third kappa shape index (κ3) is 3.24. The van der Waals surface area contributed by atoms with Gasteiger partial charge in [-0.15, -0.1) is 0 Å². The van der Waals surface area contributed by atoms with E-state index in [0.717, 1.165) is 18.6 Å². The minimum Gasteiger partial charge on any atom is -0.494 e. The van der Waals surface area contributed by atoms with E-state index in [1.807, 2.05) is 6.92 Å². The molecule has 4 unspecified atom stereocenters. The molecule has 3 aliphatic carbocycles. The molecule has 3 amide bonds. The van der Waals surface area contributed by atoms with E-state index >= 15 is 0 Å². The largest absolute Gasteiger partial charge is 0.494 e. The highest BCUT2D eigenvalue weighted by Gasteiger charge is 2.56. The number of benzene rings is 1. The van der Waals surface area contributed by atoms with E-state index in [1.165, 1.54) is 4.90 Å². The fraction of sp³-hybridized carbons (Fsp3) is 0.476. The van der Waals surface area contributed by atoms with Crippen LogP contribution in [0.25, 0.3) is 0 Å². The van der Waals surface area contributed by atoms with Gasteiger partial charge >= 0.3 is 0 Å². The predicted octanol–water partition coefficient (Wildman–Crippen LogP) is 2.61. The summed E-state index contributed by atoms with van der Waals surface area (Å²) in [5, 5.41) is 2.80. The molecule has 6 heteroatoms. The second-order valence-corrected chi connectivity index (χ2v) is 7.43. The van der Waals surface area contributed by atoms with E-state index in [0.29, 0.717) is 12.3 Å². The van der Waals surface area contributed by atoms with Crippen LogP contribution in [0.4, 0.5) is 5.69 Å². The molecule has 2 fully saturated rings. The second-order valence-electron chi connectivity index (χ2n) is 7.43. The van der Waals surface area contributed by atoms with Gasteiger partial charge in [0.1, 0.15) is 5.75 Å². The lowest BCUT2D eigenvalue weighted by atomic mass is 9.63. The molecule has 0 aromatic heterocycles. The molecule has 1 N–H and O–H groups in total. The first-order valence-corrected chi connectivity index (χ1v) is 9.64. The predicted molar refractivity (Wildman–Crippen MR) is 99.9 cm³/mol. The molecule has 0 spiro atoms. The van der Waals surface area contributed by atoms with Crippen molar-refractivity contribution in [1.29, 1.82) is 0 Å². The van der Waals surface area contributed by atoms with E-state index in [1.54, 1.807) is 24.3 Å². The number of rotatable bonds is 6. The summed E-state index contributed by atoms with van der Waals surface area (Å²) in [6.07, 6.45) is 6.26. The summed E-state index contributed by atoms with van der Waals surface area (Å²) in [4.78, 5) is 39.0. The van der Waals surface area contributed by atoms with Gasteiger partial charge in [-0.05, 0) is 55.9 Å². The molecule has 4 aliphatic rings. The summed E-state index contributed by atoms with van der Waals surface area (Å²) in [6.45, 7) is 2.64. The van der Waals surface area contributed by atoms with E-state index < -0.39 is 0 Å². The maximum absolute atomic E-state index is 12.7. The molecule has 1 saturated carbocycles. The highest BCUT2D eigenvalue weighted by molar-refractivity contribution is 6.06. The molecule has 27 heavy (non-hydrogen) atoms. The normalized spacial score (nSPS) is 28.4. The van der Waals surface area contributed by atoms with Crippen LogP contribution in [0.1, 0.15) is 26.2 Å². The lowest BCUT2D eigenvalue weighted by Crippen LogP contribution is -2.38. The van der Waals surface area contributed by atoms with Gasteiger partial charge in [-0.1, -0.05) is 12.2 Å². The minimum absolute atomic E-state index is 0.0992. The number of carbonyl (C=O) groups excluding carboxylic acids is 3. The zero-order chi connectivity index (χ0) is 19.0. The molecule has 142 valence electrons. The standard InChI is InChI=1S/C21H24N2O4/c1-2-27-16-9-7-15(8-10-16)22-17(24)11-12-23-20(25)18-13-3-4-14(6-5-13)19(18)21(23)26/h3-4,7-10,13-14,18-19H,2,5-6,11-12H2,1H3,(H,22,24). The lowest BCUT2D eigenvalue weighted by molar-refractivity contribution is -0.140. The number of ether oxygens (including phenoxy) is 1. The molecule has 0 radical (unpaired) electrons. The number of anilines is 1. The molecular weight excluding hydrogens is 344 g/mol. The number of nitrogens with zero attached hydrogens (tertiary/aromatic N) is 1. The number of hydrogen-bond donors (Lipinski definition) is 1. The molecule has 1 heterocycles. The average Bonchev–Trinajstić information content (AvgIpc) is 2.95. The van der Waals surface area contributed by atoms with Gasteiger partial charge in [0.2, 0.25) is 17.7 Å². The van der Waals surface area contributed by atoms with E-state index in [9.17, 15) is 14.4 Å².